The molecule has 0 saturated carbocycles. The summed E-state index contributed by atoms with van der Waals surface area (Å²) < 4.78 is 24.4. The number of hydrogen-bond donors (Lipinski definition) is 1. The lowest BCUT2D eigenvalue weighted by Gasteiger charge is -2.33. The number of hydrogen-bond acceptors (Lipinski definition) is 5. The van der Waals surface area contributed by atoms with Crippen molar-refractivity contribution in [2.24, 2.45) is 0 Å². The lowest BCUT2D eigenvalue weighted by atomic mass is 10.1. The van der Waals surface area contributed by atoms with Crippen LogP contribution in [-0.4, -0.2) is 73.9 Å². The lowest BCUT2D eigenvalue weighted by Crippen LogP contribution is -2.50. The smallest absolute Gasteiger partial charge is 0.329 e. The van der Waals surface area contributed by atoms with Gasteiger partial charge in [-0.05, 0) is 18.6 Å². The van der Waals surface area contributed by atoms with Crippen molar-refractivity contribution >= 4 is 33.6 Å². The number of urea groups is 1. The van der Waals surface area contributed by atoms with E-state index in [4.69, 9.17) is 0 Å². The molecule has 1 aromatic rings. The second-order valence-corrected chi connectivity index (χ2v) is 8.58. The number of benzene rings is 1. The van der Waals surface area contributed by atoms with E-state index in [0.29, 0.717) is 18.8 Å². The van der Waals surface area contributed by atoms with Crippen LogP contribution in [0.1, 0.15) is 12.8 Å². The summed E-state index contributed by atoms with van der Waals surface area (Å²) in [5.74, 6) is -0.524. The fourth-order valence-electron chi connectivity index (χ4n) is 3.24. The highest BCUT2D eigenvalue weighted by Gasteiger charge is 2.39. The van der Waals surface area contributed by atoms with Crippen molar-refractivity contribution in [3.8, 4) is 0 Å². The molecular formula is C17H22N4O5S. The number of rotatable bonds is 5. The van der Waals surface area contributed by atoms with Gasteiger partial charge >= 0.3 is 6.03 Å². The van der Waals surface area contributed by atoms with Crippen molar-refractivity contribution in [1.29, 1.82) is 0 Å². The molecule has 2 aliphatic heterocycles. The molecule has 9 nitrogen and oxygen atoms in total. The normalized spacial score (nSPS) is 21.4. The predicted molar refractivity (Wildman–Crippen MR) is 98.5 cm³/mol. The Bertz CT molecular complexity index is 834. The number of imide groups is 1. The van der Waals surface area contributed by atoms with Crippen molar-refractivity contribution in [3.05, 3.63) is 30.3 Å². The van der Waals surface area contributed by atoms with Crippen LogP contribution in [0.4, 0.5) is 10.5 Å². The summed E-state index contributed by atoms with van der Waals surface area (Å²) in [7, 11) is -3.25. The summed E-state index contributed by atoms with van der Waals surface area (Å²) in [5.41, 5.74) is 0.491. The molecule has 2 aliphatic rings. The third kappa shape index (κ3) is 4.28. The van der Waals surface area contributed by atoms with E-state index in [1.807, 2.05) is 0 Å². The molecule has 146 valence electrons. The molecule has 3 rings (SSSR count). The Hall–Kier alpha value is -2.46. The van der Waals surface area contributed by atoms with Gasteiger partial charge < -0.3 is 10.2 Å². The topological polar surface area (TPSA) is 107 Å². The van der Waals surface area contributed by atoms with Crippen LogP contribution < -0.4 is 10.2 Å². The average Bonchev–Trinajstić information content (AvgIpc) is 2.93. The van der Waals surface area contributed by atoms with E-state index >= 15 is 0 Å². The number of anilines is 1. The summed E-state index contributed by atoms with van der Waals surface area (Å²) in [6.45, 7) is 1.19. The highest BCUT2D eigenvalue weighted by molar-refractivity contribution is 7.88. The predicted octanol–water partition coefficient (Wildman–Crippen LogP) is -0.00460. The average molecular weight is 394 g/mol. The number of carbonyl (C=O) groups is 3. The summed E-state index contributed by atoms with van der Waals surface area (Å²) in [4.78, 5) is 39.7. The standard InChI is InChI=1S/C17H22N4O5S/c1-27(25,26)20-11-9-19(10-12-20)15(22)8-7-14-16(23)21(17(24)18-14)13-5-3-2-4-6-13/h2-6,14H,7-12H2,1H3,(H,18,24)/t14-/m0/s1. The molecule has 1 aromatic carbocycles. The van der Waals surface area contributed by atoms with Crippen molar-refractivity contribution in [2.75, 3.05) is 37.3 Å². The van der Waals surface area contributed by atoms with E-state index in [9.17, 15) is 22.8 Å². The molecule has 2 heterocycles. The molecule has 10 heteroatoms. The van der Waals surface area contributed by atoms with Crippen molar-refractivity contribution < 1.29 is 22.8 Å². The number of sulfonamides is 1. The second-order valence-electron chi connectivity index (χ2n) is 6.59. The molecule has 0 unspecified atom stereocenters. The molecular weight excluding hydrogens is 372 g/mol. The molecule has 2 saturated heterocycles. The van der Waals surface area contributed by atoms with Gasteiger partial charge in [0.15, 0.2) is 0 Å². The van der Waals surface area contributed by atoms with E-state index in [0.717, 1.165) is 11.2 Å². The molecule has 27 heavy (non-hydrogen) atoms. The van der Waals surface area contributed by atoms with Crippen LogP contribution >= 0.6 is 0 Å². The Kier molecular flexibility index (Phi) is 5.47. The number of nitrogens with zero attached hydrogens (tertiary/aromatic N) is 3. The van der Waals surface area contributed by atoms with Crippen LogP contribution in [0.15, 0.2) is 30.3 Å². The Morgan fingerprint density at radius 1 is 1.11 bits per heavy atom. The van der Waals surface area contributed by atoms with Gasteiger partial charge in [0.2, 0.25) is 15.9 Å². The molecule has 0 radical (unpaired) electrons. The number of para-hydroxylation sites is 1. The zero-order valence-corrected chi connectivity index (χ0v) is 15.8. The third-order valence-electron chi connectivity index (χ3n) is 4.74. The maximum atomic E-state index is 12.5. The minimum absolute atomic E-state index is 0.109. The molecule has 0 spiro atoms. The SMILES string of the molecule is CS(=O)(=O)N1CCN(C(=O)CC[C@@H]2NC(=O)N(c3ccccc3)C2=O)CC1. The van der Waals surface area contributed by atoms with Crippen LogP contribution in [0.3, 0.4) is 0 Å². The zero-order valence-electron chi connectivity index (χ0n) is 15.0. The lowest BCUT2D eigenvalue weighted by molar-refractivity contribution is -0.132. The van der Waals surface area contributed by atoms with E-state index in [1.54, 1.807) is 35.2 Å². The Balaban J connectivity index is 1.53. The minimum atomic E-state index is -3.25. The maximum Gasteiger partial charge on any atom is 0.329 e. The van der Waals surface area contributed by atoms with Crippen molar-refractivity contribution in [1.82, 2.24) is 14.5 Å². The van der Waals surface area contributed by atoms with Gasteiger partial charge in [-0.25, -0.2) is 18.1 Å². The van der Waals surface area contributed by atoms with Gasteiger partial charge in [0, 0.05) is 32.6 Å². The summed E-state index contributed by atoms with van der Waals surface area (Å²) in [5, 5.41) is 2.62. The van der Waals surface area contributed by atoms with Gasteiger partial charge in [0.05, 0.1) is 11.9 Å². The van der Waals surface area contributed by atoms with Crippen LogP contribution in [0.2, 0.25) is 0 Å². The maximum absolute atomic E-state index is 12.5. The first-order chi connectivity index (χ1) is 12.8. The zero-order chi connectivity index (χ0) is 19.6. The summed E-state index contributed by atoms with van der Waals surface area (Å²) >= 11 is 0. The highest BCUT2D eigenvalue weighted by atomic mass is 32.2. The quantitative estimate of drug-likeness (QED) is 0.707. The fourth-order valence-corrected chi connectivity index (χ4v) is 4.07. The largest absolute Gasteiger partial charge is 0.340 e. The Morgan fingerprint density at radius 2 is 1.74 bits per heavy atom. The van der Waals surface area contributed by atoms with E-state index in [2.05, 4.69) is 5.32 Å². The number of carbonyl (C=O) groups excluding carboxylic acids is 3. The first-order valence-electron chi connectivity index (χ1n) is 8.70. The van der Waals surface area contributed by atoms with E-state index in [1.165, 1.54) is 4.31 Å². The molecule has 0 aliphatic carbocycles. The van der Waals surface area contributed by atoms with Crippen LogP contribution in [0.25, 0.3) is 0 Å². The second kappa shape index (κ2) is 7.65. The number of piperazine rings is 1. The van der Waals surface area contributed by atoms with Gasteiger partial charge in [0.1, 0.15) is 6.04 Å². The Morgan fingerprint density at radius 3 is 2.33 bits per heavy atom. The summed E-state index contributed by atoms with van der Waals surface area (Å²) in [6, 6.07) is 7.38. The van der Waals surface area contributed by atoms with E-state index in [-0.39, 0.29) is 37.7 Å². The molecule has 0 bridgehead atoms. The highest BCUT2D eigenvalue weighted by Crippen LogP contribution is 2.21. The van der Waals surface area contributed by atoms with Gasteiger partial charge in [-0.2, -0.15) is 4.31 Å². The molecule has 0 aromatic heterocycles. The van der Waals surface area contributed by atoms with Gasteiger partial charge in [-0.3, -0.25) is 9.59 Å². The van der Waals surface area contributed by atoms with Crippen LogP contribution in [-0.2, 0) is 19.6 Å². The van der Waals surface area contributed by atoms with Gasteiger partial charge in [0.25, 0.3) is 5.91 Å². The van der Waals surface area contributed by atoms with E-state index < -0.39 is 22.1 Å². The molecule has 2 fully saturated rings. The first-order valence-corrected chi connectivity index (χ1v) is 10.5. The first kappa shape index (κ1) is 19.3. The van der Waals surface area contributed by atoms with Gasteiger partial charge in [-0.1, -0.05) is 18.2 Å². The van der Waals surface area contributed by atoms with Crippen LogP contribution in [0.5, 0.6) is 0 Å². The van der Waals surface area contributed by atoms with Crippen molar-refractivity contribution in [3.63, 3.8) is 0 Å². The Labute approximate surface area is 158 Å². The third-order valence-corrected chi connectivity index (χ3v) is 6.04. The molecule has 1 atom stereocenters. The molecule has 4 amide bonds. The van der Waals surface area contributed by atoms with Crippen LogP contribution in [0, 0.1) is 0 Å². The van der Waals surface area contributed by atoms with Gasteiger partial charge in [-0.15, -0.1) is 0 Å². The summed E-state index contributed by atoms with van der Waals surface area (Å²) in [6.07, 6.45) is 1.47. The van der Waals surface area contributed by atoms with Crippen molar-refractivity contribution in [2.45, 2.75) is 18.9 Å². The number of amides is 4. The molecule has 1 N–H and O–H groups in total. The fraction of sp³-hybridized carbons (Fsp3) is 0.471. The monoisotopic (exact) mass is 394 g/mol. The number of nitrogens with one attached hydrogen (secondary N) is 1. The minimum Gasteiger partial charge on any atom is -0.340 e.